The standard InChI is InChI=1S/C15H13Cl2NO/c16-9-11-1-3-12(4-2-11)10-18-15(19)13-5-7-14(17)8-6-13/h1-8H,9-10H2,(H,18,19). The zero-order valence-electron chi connectivity index (χ0n) is 10.2. The summed E-state index contributed by atoms with van der Waals surface area (Å²) in [6, 6.07) is 14.6. The third-order valence-electron chi connectivity index (χ3n) is 2.74. The molecule has 0 radical (unpaired) electrons. The predicted molar refractivity (Wildman–Crippen MR) is 78.6 cm³/mol. The van der Waals surface area contributed by atoms with Crippen LogP contribution in [0.2, 0.25) is 5.02 Å². The molecule has 0 aliphatic carbocycles. The Kier molecular flexibility index (Phi) is 4.83. The topological polar surface area (TPSA) is 29.1 Å². The molecule has 19 heavy (non-hydrogen) atoms. The smallest absolute Gasteiger partial charge is 0.251 e. The minimum absolute atomic E-state index is 0.113. The van der Waals surface area contributed by atoms with Crippen LogP contribution in [-0.2, 0) is 12.4 Å². The van der Waals surface area contributed by atoms with Crippen LogP contribution in [-0.4, -0.2) is 5.91 Å². The number of rotatable bonds is 4. The molecule has 0 aromatic heterocycles. The maximum Gasteiger partial charge on any atom is 0.251 e. The first-order valence-electron chi connectivity index (χ1n) is 5.86. The summed E-state index contributed by atoms with van der Waals surface area (Å²) in [4.78, 5) is 11.9. The Labute approximate surface area is 122 Å². The van der Waals surface area contributed by atoms with Crippen LogP contribution in [0.5, 0.6) is 0 Å². The van der Waals surface area contributed by atoms with Crippen molar-refractivity contribution in [3.05, 3.63) is 70.2 Å². The Morgan fingerprint density at radius 1 is 0.947 bits per heavy atom. The van der Waals surface area contributed by atoms with Crippen molar-refractivity contribution in [2.75, 3.05) is 0 Å². The Balaban J connectivity index is 1.94. The fourth-order valence-corrected chi connectivity index (χ4v) is 1.94. The minimum Gasteiger partial charge on any atom is -0.348 e. The maximum atomic E-state index is 11.9. The average Bonchev–Trinajstić information content (AvgIpc) is 2.46. The third kappa shape index (κ3) is 3.98. The van der Waals surface area contributed by atoms with E-state index in [0.717, 1.165) is 11.1 Å². The SMILES string of the molecule is O=C(NCc1ccc(CCl)cc1)c1ccc(Cl)cc1. The van der Waals surface area contributed by atoms with Gasteiger partial charge in [-0.3, -0.25) is 4.79 Å². The lowest BCUT2D eigenvalue weighted by Gasteiger charge is -2.06. The number of benzene rings is 2. The molecule has 2 aromatic carbocycles. The van der Waals surface area contributed by atoms with Crippen LogP contribution in [0.3, 0.4) is 0 Å². The number of halogens is 2. The Morgan fingerprint density at radius 3 is 2.11 bits per heavy atom. The molecule has 1 amide bonds. The van der Waals surface area contributed by atoms with E-state index in [-0.39, 0.29) is 5.91 Å². The fourth-order valence-electron chi connectivity index (χ4n) is 1.63. The van der Waals surface area contributed by atoms with Gasteiger partial charge in [-0.2, -0.15) is 0 Å². The van der Waals surface area contributed by atoms with Gasteiger partial charge in [0.2, 0.25) is 0 Å². The molecule has 0 aliphatic heterocycles. The van der Waals surface area contributed by atoms with E-state index in [1.807, 2.05) is 24.3 Å². The second-order valence-corrected chi connectivity index (χ2v) is 4.84. The summed E-state index contributed by atoms with van der Waals surface area (Å²) in [5.41, 5.74) is 2.70. The molecular weight excluding hydrogens is 281 g/mol. The summed E-state index contributed by atoms with van der Waals surface area (Å²) in [5, 5.41) is 3.48. The van der Waals surface area contributed by atoms with Gasteiger partial charge in [0.15, 0.2) is 0 Å². The lowest BCUT2D eigenvalue weighted by atomic mass is 10.1. The molecule has 0 saturated carbocycles. The zero-order valence-corrected chi connectivity index (χ0v) is 11.7. The van der Waals surface area contributed by atoms with Crippen molar-refractivity contribution in [2.24, 2.45) is 0 Å². The number of alkyl halides is 1. The van der Waals surface area contributed by atoms with E-state index in [1.54, 1.807) is 24.3 Å². The van der Waals surface area contributed by atoms with Crippen LogP contribution in [0.4, 0.5) is 0 Å². The molecule has 4 heteroatoms. The lowest BCUT2D eigenvalue weighted by Crippen LogP contribution is -2.22. The van der Waals surface area contributed by atoms with Crippen molar-refractivity contribution in [2.45, 2.75) is 12.4 Å². The van der Waals surface area contributed by atoms with E-state index in [9.17, 15) is 4.79 Å². The second-order valence-electron chi connectivity index (χ2n) is 4.14. The van der Waals surface area contributed by atoms with Gasteiger partial charge >= 0.3 is 0 Å². The average molecular weight is 294 g/mol. The highest BCUT2D eigenvalue weighted by Gasteiger charge is 2.04. The van der Waals surface area contributed by atoms with Crippen molar-refractivity contribution in [3.8, 4) is 0 Å². The molecule has 0 fully saturated rings. The predicted octanol–water partition coefficient (Wildman–Crippen LogP) is 4.01. The van der Waals surface area contributed by atoms with Crippen molar-refractivity contribution < 1.29 is 4.79 Å². The van der Waals surface area contributed by atoms with Gasteiger partial charge in [0.1, 0.15) is 0 Å². The number of hydrogen-bond donors (Lipinski definition) is 1. The zero-order chi connectivity index (χ0) is 13.7. The fraction of sp³-hybridized carbons (Fsp3) is 0.133. The molecular formula is C15H13Cl2NO. The Bertz CT molecular complexity index is 549. The van der Waals surface area contributed by atoms with Gasteiger partial charge in [-0.25, -0.2) is 0 Å². The van der Waals surface area contributed by atoms with Crippen molar-refractivity contribution in [1.29, 1.82) is 0 Å². The van der Waals surface area contributed by atoms with Gasteiger partial charge in [-0.15, -0.1) is 11.6 Å². The number of carbonyl (C=O) groups excluding carboxylic acids is 1. The molecule has 0 spiro atoms. The highest BCUT2D eigenvalue weighted by atomic mass is 35.5. The summed E-state index contributed by atoms with van der Waals surface area (Å²) < 4.78 is 0. The van der Waals surface area contributed by atoms with Crippen LogP contribution >= 0.6 is 23.2 Å². The van der Waals surface area contributed by atoms with Gasteiger partial charge in [0, 0.05) is 23.0 Å². The molecule has 0 unspecified atom stereocenters. The highest BCUT2D eigenvalue weighted by molar-refractivity contribution is 6.30. The number of carbonyl (C=O) groups is 1. The number of nitrogens with one attached hydrogen (secondary N) is 1. The van der Waals surface area contributed by atoms with E-state index in [1.165, 1.54) is 0 Å². The Morgan fingerprint density at radius 2 is 1.53 bits per heavy atom. The molecule has 98 valence electrons. The van der Waals surface area contributed by atoms with Gasteiger partial charge < -0.3 is 5.32 Å². The monoisotopic (exact) mass is 293 g/mol. The molecule has 0 atom stereocenters. The molecule has 1 N–H and O–H groups in total. The molecule has 0 heterocycles. The quantitative estimate of drug-likeness (QED) is 0.848. The molecule has 0 saturated heterocycles. The van der Waals surface area contributed by atoms with Crippen LogP contribution in [0.25, 0.3) is 0 Å². The van der Waals surface area contributed by atoms with Crippen LogP contribution in [0.1, 0.15) is 21.5 Å². The molecule has 2 aromatic rings. The van der Waals surface area contributed by atoms with E-state index in [0.29, 0.717) is 23.0 Å². The first kappa shape index (κ1) is 13.9. The maximum absolute atomic E-state index is 11.9. The van der Waals surface area contributed by atoms with Gasteiger partial charge in [-0.05, 0) is 35.4 Å². The summed E-state index contributed by atoms with van der Waals surface area (Å²) in [7, 11) is 0. The van der Waals surface area contributed by atoms with Crippen molar-refractivity contribution in [1.82, 2.24) is 5.32 Å². The van der Waals surface area contributed by atoms with E-state index in [4.69, 9.17) is 23.2 Å². The normalized spacial score (nSPS) is 10.2. The second kappa shape index (κ2) is 6.60. The van der Waals surface area contributed by atoms with Crippen LogP contribution < -0.4 is 5.32 Å². The van der Waals surface area contributed by atoms with Crippen LogP contribution in [0.15, 0.2) is 48.5 Å². The molecule has 2 rings (SSSR count). The largest absolute Gasteiger partial charge is 0.348 e. The van der Waals surface area contributed by atoms with Gasteiger partial charge in [0.25, 0.3) is 5.91 Å². The number of hydrogen-bond acceptors (Lipinski definition) is 1. The van der Waals surface area contributed by atoms with Crippen molar-refractivity contribution >= 4 is 29.1 Å². The minimum atomic E-state index is -0.113. The van der Waals surface area contributed by atoms with Gasteiger partial charge in [-0.1, -0.05) is 35.9 Å². The highest BCUT2D eigenvalue weighted by Crippen LogP contribution is 2.10. The number of amides is 1. The van der Waals surface area contributed by atoms with Crippen LogP contribution in [0, 0.1) is 0 Å². The first-order valence-corrected chi connectivity index (χ1v) is 6.78. The molecule has 0 aliphatic rings. The van der Waals surface area contributed by atoms with Crippen molar-refractivity contribution in [3.63, 3.8) is 0 Å². The van der Waals surface area contributed by atoms with E-state index < -0.39 is 0 Å². The summed E-state index contributed by atoms with van der Waals surface area (Å²) in [6.07, 6.45) is 0. The summed E-state index contributed by atoms with van der Waals surface area (Å²) >= 11 is 11.5. The first-order chi connectivity index (χ1) is 9.19. The van der Waals surface area contributed by atoms with Gasteiger partial charge in [0.05, 0.1) is 0 Å². The molecule has 2 nitrogen and oxygen atoms in total. The van der Waals surface area contributed by atoms with E-state index in [2.05, 4.69) is 5.32 Å². The van der Waals surface area contributed by atoms with E-state index >= 15 is 0 Å². The summed E-state index contributed by atoms with van der Waals surface area (Å²) in [5.74, 6) is 0.385. The third-order valence-corrected chi connectivity index (χ3v) is 3.30. The summed E-state index contributed by atoms with van der Waals surface area (Å²) in [6.45, 7) is 0.490. The lowest BCUT2D eigenvalue weighted by molar-refractivity contribution is 0.0951. The Hall–Kier alpha value is -1.51. The molecule has 0 bridgehead atoms.